The molecule has 0 saturated carbocycles. The van der Waals surface area contributed by atoms with Gasteiger partial charge in [-0.2, -0.15) is 0 Å². The molecular formula is C12H19FN2O2S. The first-order chi connectivity index (χ1) is 8.23. The summed E-state index contributed by atoms with van der Waals surface area (Å²) in [5.74, 6) is -0.244. The maximum absolute atomic E-state index is 13.2. The lowest BCUT2D eigenvalue weighted by Crippen LogP contribution is -2.28. The molecule has 0 aliphatic carbocycles. The molecule has 0 radical (unpaired) electrons. The Labute approximate surface area is 108 Å². The zero-order chi connectivity index (χ0) is 13.9. The van der Waals surface area contributed by atoms with Crippen molar-refractivity contribution in [2.75, 3.05) is 19.3 Å². The van der Waals surface area contributed by atoms with E-state index < -0.39 is 15.8 Å². The number of hydrogen-bond acceptors (Lipinski definition) is 3. The van der Waals surface area contributed by atoms with Gasteiger partial charge in [0, 0.05) is 19.3 Å². The minimum Gasteiger partial charge on any atom is -0.399 e. The molecule has 0 amide bonds. The van der Waals surface area contributed by atoms with Crippen LogP contribution in [-0.4, -0.2) is 26.3 Å². The van der Waals surface area contributed by atoms with E-state index >= 15 is 0 Å². The van der Waals surface area contributed by atoms with Gasteiger partial charge in [-0.25, -0.2) is 17.1 Å². The number of sulfonamides is 1. The molecule has 1 rings (SSSR count). The van der Waals surface area contributed by atoms with E-state index in [1.54, 1.807) is 0 Å². The Bertz CT molecular complexity index is 495. The van der Waals surface area contributed by atoms with Crippen LogP contribution in [0, 0.1) is 11.7 Å². The van der Waals surface area contributed by atoms with Gasteiger partial charge in [-0.15, -0.1) is 0 Å². The second-order valence-electron chi connectivity index (χ2n) is 4.73. The Morgan fingerprint density at radius 3 is 2.44 bits per heavy atom. The van der Waals surface area contributed by atoms with Crippen molar-refractivity contribution in [1.82, 2.24) is 4.31 Å². The van der Waals surface area contributed by atoms with Crippen LogP contribution in [0.1, 0.15) is 20.3 Å². The molecule has 18 heavy (non-hydrogen) atoms. The monoisotopic (exact) mass is 274 g/mol. The summed E-state index contributed by atoms with van der Waals surface area (Å²) in [5, 5.41) is 0. The number of anilines is 1. The van der Waals surface area contributed by atoms with Gasteiger partial charge >= 0.3 is 0 Å². The van der Waals surface area contributed by atoms with Crippen LogP contribution >= 0.6 is 0 Å². The summed E-state index contributed by atoms with van der Waals surface area (Å²) in [6.07, 6.45) is 0.751. The van der Waals surface area contributed by atoms with Crippen molar-refractivity contribution in [3.63, 3.8) is 0 Å². The van der Waals surface area contributed by atoms with Crippen LogP contribution in [0.4, 0.5) is 10.1 Å². The van der Waals surface area contributed by atoms with Crippen molar-refractivity contribution in [2.45, 2.75) is 25.2 Å². The molecule has 0 atom stereocenters. The number of nitrogen functional groups attached to an aromatic ring is 1. The van der Waals surface area contributed by atoms with Crippen molar-refractivity contribution in [3.05, 3.63) is 24.0 Å². The maximum atomic E-state index is 13.2. The zero-order valence-corrected chi connectivity index (χ0v) is 11.7. The van der Waals surface area contributed by atoms with E-state index in [2.05, 4.69) is 0 Å². The van der Waals surface area contributed by atoms with Gasteiger partial charge in [0.05, 0.1) is 4.90 Å². The van der Waals surface area contributed by atoms with E-state index in [1.807, 2.05) is 13.8 Å². The summed E-state index contributed by atoms with van der Waals surface area (Å²) >= 11 is 0. The smallest absolute Gasteiger partial charge is 0.242 e. The molecule has 0 saturated heterocycles. The van der Waals surface area contributed by atoms with Gasteiger partial charge in [0.2, 0.25) is 10.0 Å². The molecule has 2 N–H and O–H groups in total. The molecule has 1 aromatic carbocycles. The van der Waals surface area contributed by atoms with Crippen molar-refractivity contribution in [1.29, 1.82) is 0 Å². The minimum absolute atomic E-state index is 0.103. The molecule has 6 heteroatoms. The van der Waals surface area contributed by atoms with E-state index in [0.29, 0.717) is 12.5 Å². The summed E-state index contributed by atoms with van der Waals surface area (Å²) in [6.45, 7) is 4.43. The second-order valence-corrected chi connectivity index (χ2v) is 6.77. The first kappa shape index (κ1) is 14.9. The number of nitrogens with two attached hydrogens (primary N) is 1. The molecule has 0 aromatic heterocycles. The first-order valence-electron chi connectivity index (χ1n) is 5.76. The van der Waals surface area contributed by atoms with Gasteiger partial charge in [-0.05, 0) is 30.5 Å². The summed E-state index contributed by atoms with van der Waals surface area (Å²) in [4.78, 5) is -0.105. The Balaban J connectivity index is 2.98. The number of nitrogens with zero attached hydrogens (tertiary/aromatic N) is 1. The summed E-state index contributed by atoms with van der Waals surface area (Å²) in [7, 11) is -2.18. The van der Waals surface area contributed by atoms with Crippen LogP contribution in [0.2, 0.25) is 0 Å². The highest BCUT2D eigenvalue weighted by atomic mass is 32.2. The fraction of sp³-hybridized carbons (Fsp3) is 0.500. The Kier molecular flexibility index (Phi) is 4.70. The molecule has 0 bridgehead atoms. The van der Waals surface area contributed by atoms with Gasteiger partial charge in [0.25, 0.3) is 0 Å². The molecule has 0 unspecified atom stereocenters. The molecule has 4 nitrogen and oxygen atoms in total. The summed E-state index contributed by atoms with van der Waals surface area (Å²) < 4.78 is 38.7. The van der Waals surface area contributed by atoms with E-state index in [0.717, 1.165) is 18.6 Å². The second kappa shape index (κ2) is 5.67. The van der Waals surface area contributed by atoms with E-state index in [4.69, 9.17) is 5.73 Å². The van der Waals surface area contributed by atoms with E-state index in [9.17, 15) is 12.8 Å². The molecule has 0 aliphatic rings. The molecule has 1 aromatic rings. The standard InChI is InChI=1S/C12H19FN2O2S/c1-9(2)4-5-15(3)18(16,17)12-7-10(13)6-11(14)8-12/h6-9H,4-5,14H2,1-3H3. The molecule has 102 valence electrons. The highest BCUT2D eigenvalue weighted by Crippen LogP contribution is 2.19. The summed E-state index contributed by atoms with van der Waals surface area (Å²) in [5.41, 5.74) is 5.56. The number of hydrogen-bond donors (Lipinski definition) is 1. The fourth-order valence-corrected chi connectivity index (χ4v) is 2.73. The number of halogens is 1. The topological polar surface area (TPSA) is 63.4 Å². The lowest BCUT2D eigenvalue weighted by Gasteiger charge is -2.18. The average molecular weight is 274 g/mol. The van der Waals surface area contributed by atoms with Gasteiger partial charge in [-0.3, -0.25) is 0 Å². The Morgan fingerprint density at radius 1 is 1.33 bits per heavy atom. The third-order valence-electron chi connectivity index (χ3n) is 2.62. The third-order valence-corrected chi connectivity index (χ3v) is 4.46. The van der Waals surface area contributed by atoms with Crippen molar-refractivity contribution < 1.29 is 12.8 Å². The average Bonchev–Trinajstić information content (AvgIpc) is 2.24. The maximum Gasteiger partial charge on any atom is 0.242 e. The zero-order valence-electron chi connectivity index (χ0n) is 10.9. The number of benzene rings is 1. The van der Waals surface area contributed by atoms with E-state index in [-0.39, 0.29) is 10.6 Å². The predicted octanol–water partition coefficient (Wildman–Crippen LogP) is 2.07. The van der Waals surface area contributed by atoms with Crippen LogP contribution in [0.3, 0.4) is 0 Å². The van der Waals surface area contributed by atoms with Crippen LogP contribution in [0.25, 0.3) is 0 Å². The largest absolute Gasteiger partial charge is 0.399 e. The molecule has 0 spiro atoms. The normalized spacial score (nSPS) is 12.3. The van der Waals surface area contributed by atoms with Crippen LogP contribution in [-0.2, 0) is 10.0 Å². The molecular weight excluding hydrogens is 255 g/mol. The predicted molar refractivity (Wildman–Crippen MR) is 70.1 cm³/mol. The third kappa shape index (κ3) is 3.68. The highest BCUT2D eigenvalue weighted by molar-refractivity contribution is 7.89. The SMILES string of the molecule is CC(C)CCN(C)S(=O)(=O)c1cc(N)cc(F)c1. The Morgan fingerprint density at radius 2 is 1.94 bits per heavy atom. The lowest BCUT2D eigenvalue weighted by molar-refractivity contribution is 0.427. The Hall–Kier alpha value is -1.14. The van der Waals surface area contributed by atoms with Crippen LogP contribution in [0.5, 0.6) is 0 Å². The van der Waals surface area contributed by atoms with Gasteiger partial charge in [-0.1, -0.05) is 13.8 Å². The molecule has 0 aliphatic heterocycles. The highest BCUT2D eigenvalue weighted by Gasteiger charge is 2.21. The van der Waals surface area contributed by atoms with Gasteiger partial charge in [0.1, 0.15) is 5.82 Å². The minimum atomic E-state index is -3.67. The van der Waals surface area contributed by atoms with Gasteiger partial charge < -0.3 is 5.73 Å². The first-order valence-corrected chi connectivity index (χ1v) is 7.20. The lowest BCUT2D eigenvalue weighted by atomic mass is 10.1. The quantitative estimate of drug-likeness (QED) is 0.836. The van der Waals surface area contributed by atoms with Crippen LogP contribution < -0.4 is 5.73 Å². The van der Waals surface area contributed by atoms with Crippen molar-refractivity contribution in [2.24, 2.45) is 5.92 Å². The van der Waals surface area contributed by atoms with E-state index in [1.165, 1.54) is 17.4 Å². The number of rotatable bonds is 5. The summed E-state index contributed by atoms with van der Waals surface area (Å²) in [6, 6.07) is 3.34. The van der Waals surface area contributed by atoms with Crippen LogP contribution in [0.15, 0.2) is 23.1 Å². The van der Waals surface area contributed by atoms with Gasteiger partial charge in [0.15, 0.2) is 0 Å². The molecule has 0 heterocycles. The van der Waals surface area contributed by atoms with Crippen molar-refractivity contribution in [3.8, 4) is 0 Å². The van der Waals surface area contributed by atoms with Crippen molar-refractivity contribution >= 4 is 15.7 Å². The molecule has 0 fully saturated rings. The fourth-order valence-electron chi connectivity index (χ4n) is 1.47.